The Bertz CT molecular complexity index is 1040. The van der Waals surface area contributed by atoms with Crippen LogP contribution < -0.4 is 5.32 Å². The van der Waals surface area contributed by atoms with Gasteiger partial charge in [0.05, 0.1) is 17.6 Å². The Morgan fingerprint density at radius 2 is 1.86 bits per heavy atom. The van der Waals surface area contributed by atoms with Gasteiger partial charge in [-0.1, -0.05) is 23.8 Å². The molecule has 28 heavy (non-hydrogen) atoms. The number of azo groups is 1. The van der Waals surface area contributed by atoms with E-state index in [-0.39, 0.29) is 17.7 Å². The van der Waals surface area contributed by atoms with Crippen LogP contribution in [0.5, 0.6) is 0 Å². The van der Waals surface area contributed by atoms with Crippen molar-refractivity contribution in [2.24, 2.45) is 23.2 Å². The summed E-state index contributed by atoms with van der Waals surface area (Å²) in [4.78, 5) is 12.7. The van der Waals surface area contributed by atoms with Gasteiger partial charge in [-0.15, -0.1) is 5.11 Å². The Hall–Kier alpha value is -3.28. The number of anilines is 1. The van der Waals surface area contributed by atoms with Crippen molar-refractivity contribution in [2.45, 2.75) is 26.2 Å². The summed E-state index contributed by atoms with van der Waals surface area (Å²) in [6.07, 6.45) is 4.67. The van der Waals surface area contributed by atoms with Crippen LogP contribution in [-0.2, 0) is 11.8 Å². The highest BCUT2D eigenvalue weighted by molar-refractivity contribution is 5.97. The van der Waals surface area contributed by atoms with Gasteiger partial charge in [-0.3, -0.25) is 9.48 Å². The molecule has 1 aromatic heterocycles. The fraction of sp³-hybridized carbons (Fsp3) is 0.273. The van der Waals surface area contributed by atoms with Crippen LogP contribution in [0.2, 0.25) is 0 Å². The van der Waals surface area contributed by atoms with Crippen LogP contribution in [0.25, 0.3) is 0 Å². The maximum atomic E-state index is 12.7. The van der Waals surface area contributed by atoms with Crippen LogP contribution in [0.4, 0.5) is 17.1 Å². The summed E-state index contributed by atoms with van der Waals surface area (Å²) in [6, 6.07) is 13.6. The number of amides is 1. The molecule has 1 saturated carbocycles. The molecule has 1 amide bonds. The van der Waals surface area contributed by atoms with Gasteiger partial charge in [-0.2, -0.15) is 10.2 Å². The van der Waals surface area contributed by atoms with Gasteiger partial charge in [-0.05, 0) is 61.6 Å². The summed E-state index contributed by atoms with van der Waals surface area (Å²) in [5.41, 5.74) is 5.48. The zero-order valence-electron chi connectivity index (χ0n) is 16.3. The molecule has 6 nitrogen and oxygen atoms in total. The van der Waals surface area contributed by atoms with E-state index in [2.05, 4.69) is 20.6 Å². The molecule has 1 N–H and O–H groups in total. The van der Waals surface area contributed by atoms with Gasteiger partial charge in [0, 0.05) is 19.2 Å². The predicted octanol–water partition coefficient (Wildman–Crippen LogP) is 5.19. The van der Waals surface area contributed by atoms with Crippen molar-refractivity contribution in [2.75, 3.05) is 5.32 Å². The van der Waals surface area contributed by atoms with Crippen LogP contribution in [0, 0.1) is 19.8 Å². The molecule has 3 aromatic rings. The number of hydrogen-bond donors (Lipinski definition) is 1. The summed E-state index contributed by atoms with van der Waals surface area (Å²) in [7, 11) is 1.89. The van der Waals surface area contributed by atoms with Crippen LogP contribution in [0.1, 0.15) is 29.0 Å². The third-order valence-corrected chi connectivity index (χ3v) is 5.00. The van der Waals surface area contributed by atoms with Crippen LogP contribution in [0.15, 0.2) is 65.1 Å². The average Bonchev–Trinajstić information content (AvgIpc) is 3.37. The number of carbonyl (C=O) groups excluding carboxylic acids is 1. The molecule has 2 atom stereocenters. The zero-order valence-corrected chi connectivity index (χ0v) is 16.3. The minimum Gasteiger partial charge on any atom is -0.324 e. The lowest BCUT2D eigenvalue weighted by atomic mass is 10.1. The molecule has 0 aliphatic heterocycles. The van der Waals surface area contributed by atoms with Gasteiger partial charge in [0.2, 0.25) is 5.91 Å². The maximum absolute atomic E-state index is 12.7. The minimum absolute atomic E-state index is 0.0180. The van der Waals surface area contributed by atoms with E-state index in [4.69, 9.17) is 0 Å². The lowest BCUT2D eigenvalue weighted by Gasteiger charge is -2.08. The summed E-state index contributed by atoms with van der Waals surface area (Å²) < 4.78 is 1.77. The summed E-state index contributed by atoms with van der Waals surface area (Å²) in [5, 5.41) is 15.9. The number of benzene rings is 2. The lowest BCUT2D eigenvalue weighted by Crippen LogP contribution is -2.14. The molecule has 142 valence electrons. The molecule has 2 aromatic carbocycles. The number of nitrogens with one attached hydrogen (secondary N) is 1. The molecule has 2 unspecified atom stereocenters. The number of aryl methyl sites for hydroxylation is 3. The summed E-state index contributed by atoms with van der Waals surface area (Å²) >= 11 is 0. The molecule has 0 saturated heterocycles. The quantitative estimate of drug-likeness (QED) is 0.625. The van der Waals surface area contributed by atoms with Crippen LogP contribution in [-0.4, -0.2) is 15.7 Å². The number of hydrogen-bond acceptors (Lipinski definition) is 4. The first-order chi connectivity index (χ1) is 13.5. The highest BCUT2D eigenvalue weighted by atomic mass is 16.2. The first kappa shape index (κ1) is 18.1. The van der Waals surface area contributed by atoms with Gasteiger partial charge in [0.15, 0.2) is 0 Å². The first-order valence-corrected chi connectivity index (χ1v) is 9.38. The molecule has 0 radical (unpaired) electrons. The molecule has 1 fully saturated rings. The van der Waals surface area contributed by atoms with E-state index in [1.54, 1.807) is 4.68 Å². The monoisotopic (exact) mass is 373 g/mol. The third-order valence-electron chi connectivity index (χ3n) is 5.00. The third kappa shape index (κ3) is 4.01. The van der Waals surface area contributed by atoms with E-state index in [1.807, 2.05) is 75.8 Å². The van der Waals surface area contributed by atoms with Crippen molar-refractivity contribution < 1.29 is 4.79 Å². The van der Waals surface area contributed by atoms with Crippen molar-refractivity contribution in [3.8, 4) is 0 Å². The lowest BCUT2D eigenvalue weighted by molar-refractivity contribution is -0.117. The molecule has 1 aliphatic rings. The topological polar surface area (TPSA) is 71.6 Å². The average molecular weight is 373 g/mol. The fourth-order valence-corrected chi connectivity index (χ4v) is 3.26. The summed E-state index contributed by atoms with van der Waals surface area (Å²) in [5.74, 6) is 0.244. The van der Waals surface area contributed by atoms with Crippen molar-refractivity contribution in [1.29, 1.82) is 0 Å². The molecular weight excluding hydrogens is 350 g/mol. The normalized spacial score (nSPS) is 18.4. The number of rotatable bonds is 5. The van der Waals surface area contributed by atoms with E-state index in [1.165, 1.54) is 5.56 Å². The Morgan fingerprint density at radius 3 is 2.57 bits per heavy atom. The second kappa shape index (κ2) is 7.38. The van der Waals surface area contributed by atoms with Crippen molar-refractivity contribution in [3.63, 3.8) is 0 Å². The summed E-state index contributed by atoms with van der Waals surface area (Å²) in [6.45, 7) is 4.03. The fourth-order valence-electron chi connectivity index (χ4n) is 3.26. The number of carbonyl (C=O) groups is 1. The molecule has 1 aliphatic carbocycles. The Kier molecular flexibility index (Phi) is 4.77. The van der Waals surface area contributed by atoms with Crippen LogP contribution in [0.3, 0.4) is 0 Å². The Morgan fingerprint density at radius 1 is 1.11 bits per heavy atom. The van der Waals surface area contributed by atoms with E-state index in [0.717, 1.165) is 23.2 Å². The predicted molar refractivity (Wildman–Crippen MR) is 109 cm³/mol. The first-order valence-electron chi connectivity index (χ1n) is 9.38. The van der Waals surface area contributed by atoms with Crippen molar-refractivity contribution in [3.05, 3.63) is 71.5 Å². The van der Waals surface area contributed by atoms with Gasteiger partial charge in [-0.25, -0.2) is 0 Å². The number of aromatic nitrogens is 2. The highest BCUT2D eigenvalue weighted by Crippen LogP contribution is 2.48. The Balaban J connectivity index is 1.49. The van der Waals surface area contributed by atoms with E-state index >= 15 is 0 Å². The van der Waals surface area contributed by atoms with E-state index < -0.39 is 0 Å². The van der Waals surface area contributed by atoms with Gasteiger partial charge in [0.25, 0.3) is 0 Å². The minimum atomic E-state index is -0.0209. The molecule has 4 rings (SSSR count). The number of nitrogens with zero attached hydrogens (tertiary/aromatic N) is 4. The molecule has 0 bridgehead atoms. The van der Waals surface area contributed by atoms with Crippen LogP contribution >= 0.6 is 0 Å². The van der Waals surface area contributed by atoms with E-state index in [9.17, 15) is 4.79 Å². The molecule has 1 heterocycles. The molecular formula is C22H23N5O. The Labute approximate surface area is 164 Å². The zero-order chi connectivity index (χ0) is 19.7. The second-order valence-electron chi connectivity index (χ2n) is 7.44. The maximum Gasteiger partial charge on any atom is 0.228 e. The standard InChI is InChI=1S/C22H23N5O/c1-14-4-7-17(8-5-14)25-26-21-10-15(2)6-9-20(21)24-22(28)19-11-18(19)16-12-23-27(3)13-16/h4-10,12-13,18-19H,11H2,1-3H3,(H,24,28). The highest BCUT2D eigenvalue weighted by Gasteiger charge is 2.44. The molecule has 0 spiro atoms. The van der Waals surface area contributed by atoms with E-state index in [0.29, 0.717) is 11.4 Å². The SMILES string of the molecule is Cc1ccc(N=Nc2cc(C)ccc2NC(=O)C2CC2c2cnn(C)c2)cc1. The van der Waals surface area contributed by atoms with Gasteiger partial charge in [0.1, 0.15) is 5.69 Å². The molecule has 6 heteroatoms. The largest absolute Gasteiger partial charge is 0.324 e. The smallest absolute Gasteiger partial charge is 0.228 e. The second-order valence-corrected chi connectivity index (χ2v) is 7.44. The van der Waals surface area contributed by atoms with Gasteiger partial charge < -0.3 is 5.32 Å². The van der Waals surface area contributed by atoms with Gasteiger partial charge >= 0.3 is 0 Å². The van der Waals surface area contributed by atoms with Crippen molar-refractivity contribution in [1.82, 2.24) is 9.78 Å². The van der Waals surface area contributed by atoms with Crippen molar-refractivity contribution >= 4 is 23.0 Å².